The first kappa shape index (κ1) is 8.76. The summed E-state index contributed by atoms with van der Waals surface area (Å²) in [6.07, 6.45) is 1.69. The van der Waals surface area contributed by atoms with E-state index in [4.69, 9.17) is 0 Å². The normalized spacial score (nSPS) is 13.7. The molecule has 0 aromatic rings. The Kier molecular flexibility index (Phi) is 4.50. The van der Waals surface area contributed by atoms with Crippen LogP contribution in [-0.4, -0.2) is 5.71 Å². The van der Waals surface area contributed by atoms with Crippen LogP contribution in [0.25, 0.3) is 0 Å². The Hall–Kier alpha value is -0.240. The molecule has 9 heavy (non-hydrogen) atoms. The monoisotopic (exact) mass is 143 g/mol. The van der Waals surface area contributed by atoms with Crippen molar-refractivity contribution in [2.24, 2.45) is 10.9 Å². The number of nitrogens with zero attached hydrogens (tertiary/aromatic N) is 1. The fourth-order valence-electron chi connectivity index (χ4n) is 0.300. The van der Waals surface area contributed by atoms with Crippen molar-refractivity contribution >= 4 is 18.3 Å². The number of hydrogen-bond acceptors (Lipinski definition) is 2. The zero-order valence-electron chi connectivity index (χ0n) is 6.13. The van der Waals surface area contributed by atoms with Crippen LogP contribution in [-0.2, 0) is 0 Å². The zero-order valence-corrected chi connectivity index (χ0v) is 7.02. The van der Waals surface area contributed by atoms with E-state index in [1.807, 2.05) is 6.92 Å². The maximum absolute atomic E-state index is 4.10. The third kappa shape index (κ3) is 4.28. The Morgan fingerprint density at radius 3 is 2.44 bits per heavy atom. The molecule has 0 saturated carbocycles. The van der Waals surface area contributed by atoms with Crippen molar-refractivity contribution in [1.29, 1.82) is 0 Å². The first-order chi connectivity index (χ1) is 4.18. The highest BCUT2D eigenvalue weighted by molar-refractivity contribution is 7.83. The predicted molar refractivity (Wildman–Crippen MR) is 46.1 cm³/mol. The maximum Gasteiger partial charge on any atom is 0.0327 e. The van der Waals surface area contributed by atoms with Crippen molar-refractivity contribution in [3.63, 3.8) is 0 Å². The van der Waals surface area contributed by atoms with Crippen LogP contribution >= 0.6 is 12.6 Å². The lowest BCUT2D eigenvalue weighted by Gasteiger charge is -1.99. The van der Waals surface area contributed by atoms with Crippen molar-refractivity contribution in [3.8, 4) is 0 Å². The molecule has 0 bridgehead atoms. The van der Waals surface area contributed by atoms with Crippen LogP contribution in [0.2, 0.25) is 0 Å². The molecule has 0 fully saturated rings. The first-order valence-electron chi connectivity index (χ1n) is 3.02. The highest BCUT2D eigenvalue weighted by Gasteiger charge is 1.93. The minimum Gasteiger partial charge on any atom is -0.265 e. The molecule has 0 aromatic carbocycles. The molecule has 0 aliphatic carbocycles. The van der Waals surface area contributed by atoms with E-state index < -0.39 is 0 Å². The van der Waals surface area contributed by atoms with E-state index in [-0.39, 0.29) is 0 Å². The van der Waals surface area contributed by atoms with Gasteiger partial charge in [0.05, 0.1) is 0 Å². The fraction of sp³-hybridized carbons (Fsp3) is 0.571. The molecular formula is C7H13NS. The van der Waals surface area contributed by atoms with Gasteiger partial charge in [0.1, 0.15) is 0 Å². The van der Waals surface area contributed by atoms with E-state index in [0.29, 0.717) is 5.92 Å². The highest BCUT2D eigenvalue weighted by atomic mass is 32.1. The summed E-state index contributed by atoms with van der Waals surface area (Å²) in [7, 11) is 0. The fourth-order valence-corrected chi connectivity index (χ4v) is 0.367. The summed E-state index contributed by atoms with van der Waals surface area (Å²) in [6, 6.07) is 0. The third-order valence-corrected chi connectivity index (χ3v) is 1.31. The van der Waals surface area contributed by atoms with E-state index in [1.54, 1.807) is 11.6 Å². The molecule has 0 aliphatic heterocycles. The molecule has 0 amide bonds. The third-order valence-electron chi connectivity index (χ3n) is 1.18. The molecular weight excluding hydrogens is 130 g/mol. The van der Waals surface area contributed by atoms with E-state index in [1.165, 1.54) is 0 Å². The van der Waals surface area contributed by atoms with E-state index in [9.17, 15) is 0 Å². The number of rotatable bonds is 2. The lowest BCUT2D eigenvalue weighted by Crippen LogP contribution is -1.99. The Bertz CT molecular complexity index is 125. The first-order valence-corrected chi connectivity index (χ1v) is 3.53. The Morgan fingerprint density at radius 2 is 2.11 bits per heavy atom. The molecule has 1 nitrogen and oxygen atoms in total. The van der Waals surface area contributed by atoms with Crippen molar-refractivity contribution in [1.82, 2.24) is 0 Å². The van der Waals surface area contributed by atoms with E-state index in [2.05, 4.69) is 31.5 Å². The van der Waals surface area contributed by atoms with Gasteiger partial charge < -0.3 is 0 Å². The van der Waals surface area contributed by atoms with Crippen molar-refractivity contribution in [2.45, 2.75) is 20.8 Å². The second-order valence-electron chi connectivity index (χ2n) is 2.22. The molecule has 0 radical (unpaired) electrons. The minimum absolute atomic E-state index is 0.537. The van der Waals surface area contributed by atoms with Crippen LogP contribution in [0.15, 0.2) is 16.6 Å². The van der Waals surface area contributed by atoms with Gasteiger partial charge >= 0.3 is 0 Å². The molecule has 0 rings (SSSR count). The van der Waals surface area contributed by atoms with Crippen LogP contribution in [0, 0.1) is 5.92 Å². The van der Waals surface area contributed by atoms with E-state index in [0.717, 1.165) is 5.71 Å². The Balaban J connectivity index is 3.84. The van der Waals surface area contributed by atoms with Crippen LogP contribution in [0.5, 0.6) is 0 Å². The summed E-state index contributed by atoms with van der Waals surface area (Å²) in [6.45, 7) is 6.24. The maximum atomic E-state index is 4.10. The van der Waals surface area contributed by atoms with Gasteiger partial charge in [-0.1, -0.05) is 13.8 Å². The molecule has 0 aliphatic rings. The smallest absolute Gasteiger partial charge is 0.0327 e. The largest absolute Gasteiger partial charge is 0.265 e. The van der Waals surface area contributed by atoms with Gasteiger partial charge in [-0.3, -0.25) is 4.99 Å². The van der Waals surface area contributed by atoms with Crippen LogP contribution in [0.3, 0.4) is 0 Å². The number of aliphatic imine (C=N–C) groups is 1. The van der Waals surface area contributed by atoms with Gasteiger partial charge in [-0.15, -0.1) is 12.6 Å². The van der Waals surface area contributed by atoms with Crippen molar-refractivity contribution in [2.75, 3.05) is 0 Å². The average Bonchev–Trinajstić information content (AvgIpc) is 1.82. The quantitative estimate of drug-likeness (QED) is 0.450. The molecule has 0 spiro atoms. The minimum atomic E-state index is 0.537. The number of thiol groups is 1. The second kappa shape index (κ2) is 4.62. The van der Waals surface area contributed by atoms with Gasteiger partial charge in [-0.2, -0.15) is 0 Å². The van der Waals surface area contributed by atoms with Gasteiger partial charge in [0, 0.05) is 11.9 Å². The van der Waals surface area contributed by atoms with Gasteiger partial charge in [-0.05, 0) is 18.2 Å². The lowest BCUT2D eigenvalue weighted by atomic mass is 10.1. The summed E-state index contributed by atoms with van der Waals surface area (Å²) in [4.78, 5) is 4.10. The van der Waals surface area contributed by atoms with Crippen LogP contribution in [0.4, 0.5) is 0 Å². The van der Waals surface area contributed by atoms with Crippen molar-refractivity contribution in [3.05, 3.63) is 11.6 Å². The molecule has 0 saturated heterocycles. The second-order valence-corrected chi connectivity index (χ2v) is 2.52. The molecule has 0 aromatic heterocycles. The summed E-state index contributed by atoms with van der Waals surface area (Å²) in [5, 5.41) is 1.63. The highest BCUT2D eigenvalue weighted by Crippen LogP contribution is 1.96. The summed E-state index contributed by atoms with van der Waals surface area (Å²) < 4.78 is 0. The predicted octanol–water partition coefficient (Wildman–Crippen LogP) is 2.50. The zero-order chi connectivity index (χ0) is 7.28. The summed E-state index contributed by atoms with van der Waals surface area (Å²) in [5.74, 6) is 0.537. The molecule has 2 heteroatoms. The average molecular weight is 143 g/mol. The molecule has 52 valence electrons. The molecule has 0 unspecified atom stereocenters. The Morgan fingerprint density at radius 1 is 1.56 bits per heavy atom. The molecule has 0 heterocycles. The van der Waals surface area contributed by atoms with E-state index >= 15 is 0 Å². The molecule has 0 N–H and O–H groups in total. The summed E-state index contributed by atoms with van der Waals surface area (Å²) in [5.41, 5.74) is 1.14. The van der Waals surface area contributed by atoms with Gasteiger partial charge in [-0.25, -0.2) is 0 Å². The molecule has 0 atom stereocenters. The van der Waals surface area contributed by atoms with Crippen molar-refractivity contribution < 1.29 is 0 Å². The number of hydrogen-bond donors (Lipinski definition) is 1. The van der Waals surface area contributed by atoms with Gasteiger partial charge in [0.15, 0.2) is 0 Å². The lowest BCUT2D eigenvalue weighted by molar-refractivity contribution is 0.878. The topological polar surface area (TPSA) is 12.4 Å². The van der Waals surface area contributed by atoms with Gasteiger partial charge in [0.25, 0.3) is 0 Å². The summed E-state index contributed by atoms with van der Waals surface area (Å²) >= 11 is 3.88. The van der Waals surface area contributed by atoms with Gasteiger partial charge in [0.2, 0.25) is 0 Å². The van der Waals surface area contributed by atoms with Crippen LogP contribution in [0.1, 0.15) is 20.8 Å². The standard InChI is InChI=1S/C7H13NS/c1-6(2)7(3)8-4-5-9/h4-6,9H,1-3H3/b5-4-,8-7+. The van der Waals surface area contributed by atoms with Crippen LogP contribution < -0.4 is 0 Å². The Labute approximate surface area is 62.3 Å². The SMILES string of the molecule is C/C(=N\C=C/S)C(C)C.